The maximum Gasteiger partial charge on any atom is 0.261 e. The summed E-state index contributed by atoms with van der Waals surface area (Å²) >= 11 is 7.41. The Hall–Kier alpha value is -0.780. The van der Waals surface area contributed by atoms with E-state index in [4.69, 9.17) is 0 Å². The number of nitrogens with one attached hydrogen (secondary N) is 1. The molecule has 1 unspecified atom stereocenters. The van der Waals surface area contributed by atoms with Crippen molar-refractivity contribution in [2.45, 2.75) is 31.2 Å². The van der Waals surface area contributed by atoms with E-state index in [0.29, 0.717) is 4.88 Å². The van der Waals surface area contributed by atoms with Gasteiger partial charge in [0.05, 0.1) is 4.88 Å². The van der Waals surface area contributed by atoms with Crippen LogP contribution in [0, 0.1) is 6.92 Å². The van der Waals surface area contributed by atoms with Crippen LogP contribution in [0.2, 0.25) is 0 Å². The fourth-order valence-electron chi connectivity index (χ4n) is 1.69. The molecule has 2 aromatic heterocycles. The van der Waals surface area contributed by atoms with E-state index >= 15 is 0 Å². The highest BCUT2D eigenvalue weighted by molar-refractivity contribution is 7.80. The summed E-state index contributed by atoms with van der Waals surface area (Å²) in [6, 6.07) is 6.17. The Morgan fingerprint density at radius 1 is 1.50 bits per heavy atom. The monoisotopic (exact) mass is 297 g/mol. The number of rotatable bonds is 4. The molecule has 96 valence electrons. The Morgan fingerprint density at radius 2 is 2.28 bits per heavy atom. The van der Waals surface area contributed by atoms with Crippen molar-refractivity contribution in [3.05, 3.63) is 38.2 Å². The van der Waals surface area contributed by atoms with Crippen molar-refractivity contribution >= 4 is 41.2 Å². The van der Waals surface area contributed by atoms with Crippen molar-refractivity contribution in [3.8, 4) is 0 Å². The number of thiophene rings is 2. The predicted molar refractivity (Wildman–Crippen MR) is 81.3 cm³/mol. The number of carbonyl (C=O) groups is 1. The topological polar surface area (TPSA) is 29.1 Å². The van der Waals surface area contributed by atoms with Crippen molar-refractivity contribution in [2.24, 2.45) is 0 Å². The van der Waals surface area contributed by atoms with Crippen molar-refractivity contribution in [1.82, 2.24) is 5.32 Å². The maximum atomic E-state index is 11.9. The van der Waals surface area contributed by atoms with Crippen LogP contribution in [0.4, 0.5) is 0 Å². The third-order valence-corrected chi connectivity index (χ3v) is 4.88. The first-order valence-electron chi connectivity index (χ1n) is 5.68. The summed E-state index contributed by atoms with van der Waals surface area (Å²) in [6.45, 7) is 4.12. The van der Waals surface area contributed by atoms with Gasteiger partial charge in [0.1, 0.15) is 0 Å². The highest BCUT2D eigenvalue weighted by Gasteiger charge is 2.12. The van der Waals surface area contributed by atoms with Gasteiger partial charge >= 0.3 is 0 Å². The first kappa shape index (κ1) is 13.6. The molecular weight excluding hydrogens is 282 g/mol. The molecule has 2 rings (SSSR count). The van der Waals surface area contributed by atoms with Crippen LogP contribution < -0.4 is 5.32 Å². The molecule has 18 heavy (non-hydrogen) atoms. The Bertz CT molecular complexity index is 544. The highest BCUT2D eigenvalue weighted by atomic mass is 32.1. The van der Waals surface area contributed by atoms with E-state index in [-0.39, 0.29) is 11.9 Å². The maximum absolute atomic E-state index is 11.9. The summed E-state index contributed by atoms with van der Waals surface area (Å²) in [7, 11) is 0. The number of aryl methyl sites for hydroxylation is 1. The second-order valence-electron chi connectivity index (χ2n) is 4.26. The zero-order valence-electron chi connectivity index (χ0n) is 10.3. The molecule has 0 fully saturated rings. The van der Waals surface area contributed by atoms with Crippen LogP contribution in [0.15, 0.2) is 28.5 Å². The summed E-state index contributed by atoms with van der Waals surface area (Å²) in [4.78, 5) is 16.1. The Labute approximate surface area is 120 Å². The van der Waals surface area contributed by atoms with Crippen LogP contribution in [0.25, 0.3) is 0 Å². The smallest absolute Gasteiger partial charge is 0.261 e. The molecule has 2 heterocycles. The molecule has 0 spiro atoms. The van der Waals surface area contributed by atoms with Gasteiger partial charge in [0, 0.05) is 32.5 Å². The molecule has 2 nitrogen and oxygen atoms in total. The van der Waals surface area contributed by atoms with Crippen molar-refractivity contribution < 1.29 is 4.79 Å². The summed E-state index contributed by atoms with van der Waals surface area (Å²) < 4.78 is 0. The standard InChI is InChI=1S/C13H15NOS3/c1-8(5-11-4-3-9(2)18-11)14-13(15)12-6-10(16)7-17-12/h3-4,6-8,16H,5H2,1-2H3,(H,14,15). The lowest BCUT2D eigenvalue weighted by molar-refractivity contribution is 0.0944. The Kier molecular flexibility index (Phi) is 4.48. The average molecular weight is 297 g/mol. The largest absolute Gasteiger partial charge is 0.349 e. The van der Waals surface area contributed by atoms with Crippen LogP contribution in [0.1, 0.15) is 26.3 Å². The molecule has 1 N–H and O–H groups in total. The molecule has 5 heteroatoms. The fourth-order valence-corrected chi connectivity index (χ4v) is 3.76. The minimum atomic E-state index is -0.0129. The van der Waals surface area contributed by atoms with Gasteiger partial charge in [-0.25, -0.2) is 0 Å². The van der Waals surface area contributed by atoms with E-state index in [2.05, 4.69) is 37.0 Å². The first-order valence-corrected chi connectivity index (χ1v) is 7.82. The number of hydrogen-bond acceptors (Lipinski definition) is 4. The molecule has 0 aromatic carbocycles. The normalized spacial score (nSPS) is 12.4. The van der Waals surface area contributed by atoms with E-state index in [1.807, 2.05) is 12.3 Å². The molecule has 1 amide bonds. The van der Waals surface area contributed by atoms with Gasteiger partial charge in [0.15, 0.2) is 0 Å². The molecule has 1 atom stereocenters. The second kappa shape index (κ2) is 5.91. The molecule has 0 aliphatic carbocycles. The lowest BCUT2D eigenvalue weighted by atomic mass is 10.2. The predicted octanol–water partition coefficient (Wildman–Crippen LogP) is 3.77. The SMILES string of the molecule is Cc1ccc(CC(C)NC(=O)c2cc(S)cs2)s1. The first-order chi connectivity index (χ1) is 8.54. The highest BCUT2D eigenvalue weighted by Crippen LogP contribution is 2.19. The molecule has 0 saturated carbocycles. The minimum Gasteiger partial charge on any atom is -0.349 e. The van der Waals surface area contributed by atoms with Gasteiger partial charge in [-0.3, -0.25) is 4.79 Å². The summed E-state index contributed by atoms with van der Waals surface area (Å²) in [5, 5.41) is 4.88. The Morgan fingerprint density at radius 3 is 2.83 bits per heavy atom. The second-order valence-corrected chi connectivity index (χ2v) is 7.06. The molecule has 0 radical (unpaired) electrons. The van der Waals surface area contributed by atoms with E-state index in [9.17, 15) is 4.79 Å². The van der Waals surface area contributed by atoms with Crippen LogP contribution in [-0.4, -0.2) is 11.9 Å². The molecule has 2 aromatic rings. The molecule has 0 aliphatic rings. The quantitative estimate of drug-likeness (QED) is 0.827. The molecular formula is C13H15NOS3. The Balaban J connectivity index is 1.91. The van der Waals surface area contributed by atoms with Crippen LogP contribution in [0.5, 0.6) is 0 Å². The zero-order valence-corrected chi connectivity index (χ0v) is 12.8. The lowest BCUT2D eigenvalue weighted by Gasteiger charge is -2.11. The van der Waals surface area contributed by atoms with Crippen molar-refractivity contribution in [1.29, 1.82) is 0 Å². The van der Waals surface area contributed by atoms with Gasteiger partial charge in [-0.15, -0.1) is 35.3 Å². The summed E-state index contributed by atoms with van der Waals surface area (Å²) in [6.07, 6.45) is 0.878. The van der Waals surface area contributed by atoms with Crippen molar-refractivity contribution in [2.75, 3.05) is 0 Å². The van der Waals surface area contributed by atoms with Crippen LogP contribution >= 0.6 is 35.3 Å². The van der Waals surface area contributed by atoms with Crippen LogP contribution in [-0.2, 0) is 6.42 Å². The van der Waals surface area contributed by atoms with Gasteiger partial charge in [0.25, 0.3) is 5.91 Å². The number of hydrogen-bond donors (Lipinski definition) is 2. The van der Waals surface area contributed by atoms with Gasteiger partial charge in [-0.1, -0.05) is 0 Å². The molecule has 0 saturated heterocycles. The van der Waals surface area contributed by atoms with Crippen LogP contribution in [0.3, 0.4) is 0 Å². The van der Waals surface area contributed by atoms with E-state index < -0.39 is 0 Å². The third kappa shape index (κ3) is 3.60. The van der Waals surface area contributed by atoms with Gasteiger partial charge in [0.2, 0.25) is 0 Å². The van der Waals surface area contributed by atoms with E-state index in [1.54, 1.807) is 17.4 Å². The minimum absolute atomic E-state index is 0.0129. The van der Waals surface area contributed by atoms with Gasteiger partial charge < -0.3 is 5.32 Å². The lowest BCUT2D eigenvalue weighted by Crippen LogP contribution is -2.33. The zero-order chi connectivity index (χ0) is 13.1. The molecule has 0 bridgehead atoms. The third-order valence-electron chi connectivity index (χ3n) is 2.49. The number of carbonyl (C=O) groups excluding carboxylic acids is 1. The number of amides is 1. The summed E-state index contributed by atoms with van der Waals surface area (Å²) in [5.41, 5.74) is 0. The van der Waals surface area contributed by atoms with Gasteiger partial charge in [-0.2, -0.15) is 0 Å². The van der Waals surface area contributed by atoms with E-state index in [0.717, 1.165) is 11.3 Å². The molecule has 0 aliphatic heterocycles. The van der Waals surface area contributed by atoms with Gasteiger partial charge in [-0.05, 0) is 32.0 Å². The average Bonchev–Trinajstić information content (AvgIpc) is 2.87. The fraction of sp³-hybridized carbons (Fsp3) is 0.308. The van der Waals surface area contributed by atoms with E-state index in [1.165, 1.54) is 21.1 Å². The summed E-state index contributed by atoms with van der Waals surface area (Å²) in [5.74, 6) is -0.0129. The van der Waals surface area contributed by atoms with Crippen molar-refractivity contribution in [3.63, 3.8) is 0 Å². The number of thiol groups is 1.